The van der Waals surface area contributed by atoms with E-state index in [2.05, 4.69) is 20.3 Å². The van der Waals surface area contributed by atoms with Crippen molar-refractivity contribution in [2.24, 2.45) is 5.84 Å². The SMILES string of the molecule is Cc1cc(N2C3CCC2CC(O)C3)nc(NN)n1. The Balaban J connectivity index is 1.93. The molecule has 2 aliphatic rings. The van der Waals surface area contributed by atoms with Crippen LogP contribution in [-0.4, -0.2) is 33.3 Å². The molecule has 0 amide bonds. The molecule has 2 unspecified atom stereocenters. The number of hydrogen-bond acceptors (Lipinski definition) is 6. The molecule has 2 atom stereocenters. The first kappa shape index (κ1) is 11.7. The number of nitrogen functional groups attached to an aromatic ring is 1. The standard InChI is InChI=1S/C12H19N5O/c1-7-4-11(15-12(14-7)16-13)17-8-2-3-9(17)6-10(18)5-8/h4,8-10,18H,2-3,5-6,13H2,1H3,(H,14,15,16). The number of aliphatic hydroxyl groups is 1. The van der Waals surface area contributed by atoms with Crippen LogP contribution in [0, 0.1) is 6.92 Å². The van der Waals surface area contributed by atoms with Gasteiger partial charge in [0.25, 0.3) is 0 Å². The van der Waals surface area contributed by atoms with E-state index < -0.39 is 0 Å². The molecule has 0 saturated carbocycles. The summed E-state index contributed by atoms with van der Waals surface area (Å²) >= 11 is 0. The number of hydrazine groups is 1. The van der Waals surface area contributed by atoms with Crippen molar-refractivity contribution < 1.29 is 5.11 Å². The first-order chi connectivity index (χ1) is 8.67. The number of anilines is 2. The van der Waals surface area contributed by atoms with Crippen molar-refractivity contribution in [3.8, 4) is 0 Å². The second-order valence-electron chi connectivity index (χ2n) is 5.25. The fourth-order valence-corrected chi connectivity index (χ4v) is 3.27. The zero-order valence-corrected chi connectivity index (χ0v) is 10.5. The maximum Gasteiger partial charge on any atom is 0.239 e. The largest absolute Gasteiger partial charge is 0.393 e. The zero-order chi connectivity index (χ0) is 12.7. The predicted octanol–water partition coefficient (Wildman–Crippen LogP) is 0.563. The van der Waals surface area contributed by atoms with Crippen LogP contribution in [-0.2, 0) is 0 Å². The van der Waals surface area contributed by atoms with E-state index in [1.165, 1.54) is 0 Å². The number of piperidine rings is 1. The third-order valence-corrected chi connectivity index (χ3v) is 3.94. The highest BCUT2D eigenvalue weighted by Gasteiger charge is 2.40. The summed E-state index contributed by atoms with van der Waals surface area (Å²) in [4.78, 5) is 11.0. The van der Waals surface area contributed by atoms with E-state index in [1.807, 2.05) is 13.0 Å². The third kappa shape index (κ3) is 1.91. The molecule has 3 heterocycles. The van der Waals surface area contributed by atoms with Gasteiger partial charge in [-0.25, -0.2) is 10.8 Å². The van der Waals surface area contributed by atoms with Gasteiger partial charge in [0.1, 0.15) is 5.82 Å². The maximum atomic E-state index is 9.82. The average Bonchev–Trinajstić information content (AvgIpc) is 2.61. The number of rotatable bonds is 2. The lowest BCUT2D eigenvalue weighted by Crippen LogP contribution is -2.45. The topological polar surface area (TPSA) is 87.3 Å². The molecular formula is C12H19N5O. The van der Waals surface area contributed by atoms with E-state index >= 15 is 0 Å². The van der Waals surface area contributed by atoms with Crippen molar-refractivity contribution in [3.63, 3.8) is 0 Å². The van der Waals surface area contributed by atoms with Crippen LogP contribution in [0.15, 0.2) is 6.07 Å². The van der Waals surface area contributed by atoms with Crippen molar-refractivity contribution in [1.29, 1.82) is 0 Å². The highest BCUT2D eigenvalue weighted by molar-refractivity contribution is 5.48. The molecule has 4 N–H and O–H groups in total. The van der Waals surface area contributed by atoms with Crippen molar-refractivity contribution in [3.05, 3.63) is 11.8 Å². The molecule has 18 heavy (non-hydrogen) atoms. The second-order valence-corrected chi connectivity index (χ2v) is 5.25. The Labute approximate surface area is 106 Å². The Hall–Kier alpha value is -1.40. The van der Waals surface area contributed by atoms with Crippen LogP contribution in [0.2, 0.25) is 0 Å². The second kappa shape index (κ2) is 4.37. The number of fused-ring (bicyclic) bond motifs is 2. The van der Waals surface area contributed by atoms with Gasteiger partial charge in [0.15, 0.2) is 0 Å². The zero-order valence-electron chi connectivity index (χ0n) is 10.5. The van der Waals surface area contributed by atoms with E-state index in [4.69, 9.17) is 5.84 Å². The molecule has 2 fully saturated rings. The molecule has 6 heteroatoms. The van der Waals surface area contributed by atoms with Gasteiger partial charge in [0.2, 0.25) is 5.95 Å². The van der Waals surface area contributed by atoms with Gasteiger partial charge in [0.05, 0.1) is 6.10 Å². The number of aliphatic hydroxyl groups excluding tert-OH is 1. The highest BCUT2D eigenvalue weighted by Crippen LogP contribution is 2.38. The van der Waals surface area contributed by atoms with E-state index in [9.17, 15) is 5.11 Å². The van der Waals surface area contributed by atoms with Gasteiger partial charge in [0, 0.05) is 23.8 Å². The number of hydrogen-bond donors (Lipinski definition) is 3. The molecular weight excluding hydrogens is 230 g/mol. The summed E-state index contributed by atoms with van der Waals surface area (Å²) in [5.74, 6) is 6.77. The fraction of sp³-hybridized carbons (Fsp3) is 0.667. The van der Waals surface area contributed by atoms with Crippen LogP contribution in [0.25, 0.3) is 0 Å². The number of aryl methyl sites for hydroxylation is 1. The molecule has 2 bridgehead atoms. The summed E-state index contributed by atoms with van der Waals surface area (Å²) in [6, 6.07) is 2.79. The Morgan fingerprint density at radius 2 is 2.00 bits per heavy atom. The predicted molar refractivity (Wildman–Crippen MR) is 69.1 cm³/mol. The maximum absolute atomic E-state index is 9.82. The lowest BCUT2D eigenvalue weighted by Gasteiger charge is -2.38. The van der Waals surface area contributed by atoms with E-state index in [1.54, 1.807) is 0 Å². The monoisotopic (exact) mass is 249 g/mol. The first-order valence-corrected chi connectivity index (χ1v) is 6.46. The van der Waals surface area contributed by atoms with E-state index in [0.717, 1.165) is 37.2 Å². The van der Waals surface area contributed by atoms with Gasteiger partial charge in [-0.15, -0.1) is 0 Å². The van der Waals surface area contributed by atoms with Gasteiger partial charge in [-0.05, 0) is 32.6 Å². The Kier molecular flexibility index (Phi) is 2.83. The highest BCUT2D eigenvalue weighted by atomic mass is 16.3. The first-order valence-electron chi connectivity index (χ1n) is 6.46. The minimum absolute atomic E-state index is 0.159. The molecule has 0 spiro atoms. The summed E-state index contributed by atoms with van der Waals surface area (Å²) in [7, 11) is 0. The van der Waals surface area contributed by atoms with Crippen LogP contribution in [0.4, 0.5) is 11.8 Å². The Bertz CT molecular complexity index is 438. The van der Waals surface area contributed by atoms with Crippen LogP contribution in [0.5, 0.6) is 0 Å². The van der Waals surface area contributed by atoms with Crippen LogP contribution >= 0.6 is 0 Å². The molecule has 0 radical (unpaired) electrons. The van der Waals surface area contributed by atoms with Crippen molar-refractivity contribution >= 4 is 11.8 Å². The van der Waals surface area contributed by atoms with Gasteiger partial charge in [-0.2, -0.15) is 4.98 Å². The summed E-state index contributed by atoms with van der Waals surface area (Å²) in [5, 5.41) is 9.82. The molecule has 6 nitrogen and oxygen atoms in total. The Morgan fingerprint density at radius 3 is 2.61 bits per heavy atom. The number of nitrogens with one attached hydrogen (secondary N) is 1. The summed E-state index contributed by atoms with van der Waals surface area (Å²) < 4.78 is 0. The average molecular weight is 249 g/mol. The summed E-state index contributed by atoms with van der Waals surface area (Å²) in [5.41, 5.74) is 3.41. The van der Waals surface area contributed by atoms with Gasteiger partial charge in [-0.3, -0.25) is 5.43 Å². The molecule has 2 aliphatic heterocycles. The van der Waals surface area contributed by atoms with Crippen LogP contribution in [0.3, 0.4) is 0 Å². The van der Waals surface area contributed by atoms with Crippen LogP contribution < -0.4 is 16.2 Å². The van der Waals surface area contributed by atoms with E-state index in [0.29, 0.717) is 18.0 Å². The molecule has 3 rings (SSSR count). The summed E-state index contributed by atoms with van der Waals surface area (Å²) in [6.45, 7) is 1.94. The smallest absolute Gasteiger partial charge is 0.239 e. The Morgan fingerprint density at radius 1 is 1.33 bits per heavy atom. The number of nitrogens with two attached hydrogens (primary N) is 1. The van der Waals surface area contributed by atoms with Crippen molar-refractivity contribution in [1.82, 2.24) is 9.97 Å². The molecule has 0 aromatic carbocycles. The lowest BCUT2D eigenvalue weighted by molar-refractivity contribution is 0.126. The van der Waals surface area contributed by atoms with Gasteiger partial charge >= 0.3 is 0 Å². The molecule has 1 aromatic heterocycles. The molecule has 2 saturated heterocycles. The summed E-state index contributed by atoms with van der Waals surface area (Å²) in [6.07, 6.45) is 3.79. The van der Waals surface area contributed by atoms with Crippen molar-refractivity contribution in [2.45, 2.75) is 50.8 Å². The normalized spacial score (nSPS) is 30.6. The van der Waals surface area contributed by atoms with Gasteiger partial charge in [-0.1, -0.05) is 0 Å². The fourth-order valence-electron chi connectivity index (χ4n) is 3.27. The lowest BCUT2D eigenvalue weighted by atomic mass is 10.00. The molecule has 98 valence electrons. The number of aromatic nitrogens is 2. The van der Waals surface area contributed by atoms with E-state index in [-0.39, 0.29) is 6.10 Å². The molecule has 0 aliphatic carbocycles. The quantitative estimate of drug-likeness (QED) is 0.524. The third-order valence-electron chi connectivity index (χ3n) is 3.94. The van der Waals surface area contributed by atoms with Crippen molar-refractivity contribution in [2.75, 3.05) is 10.3 Å². The minimum Gasteiger partial charge on any atom is -0.393 e. The van der Waals surface area contributed by atoms with Gasteiger partial charge < -0.3 is 10.0 Å². The minimum atomic E-state index is -0.159. The number of nitrogens with zero attached hydrogens (tertiary/aromatic N) is 3. The van der Waals surface area contributed by atoms with Crippen LogP contribution in [0.1, 0.15) is 31.4 Å². The molecule has 1 aromatic rings.